The van der Waals surface area contributed by atoms with E-state index in [0.29, 0.717) is 21.8 Å². The van der Waals surface area contributed by atoms with Crippen molar-refractivity contribution in [1.82, 2.24) is 4.98 Å². The Hall–Kier alpha value is -0.820. The molecule has 0 unspecified atom stereocenters. The van der Waals surface area contributed by atoms with Gasteiger partial charge in [0, 0.05) is 12.1 Å². The molecular weight excluding hydrogens is 330 g/mol. The third-order valence-electron chi connectivity index (χ3n) is 3.33. The molecule has 1 N–H and O–H groups in total. The van der Waals surface area contributed by atoms with Crippen LogP contribution in [0.25, 0.3) is 0 Å². The first-order valence-electron chi connectivity index (χ1n) is 6.20. The van der Waals surface area contributed by atoms with Crippen molar-refractivity contribution < 1.29 is 4.92 Å². The molecule has 1 fully saturated rings. The Morgan fingerprint density at radius 1 is 1.58 bits per heavy atom. The molecule has 1 aliphatic rings. The van der Waals surface area contributed by atoms with Gasteiger partial charge in [0.1, 0.15) is 12.0 Å². The van der Waals surface area contributed by atoms with Gasteiger partial charge in [-0.05, 0) is 53.1 Å². The number of hydrogen-bond acceptors (Lipinski definition) is 5. The van der Waals surface area contributed by atoms with Crippen LogP contribution in [0.4, 0.5) is 11.5 Å². The zero-order chi connectivity index (χ0) is 13.8. The fourth-order valence-corrected chi connectivity index (χ4v) is 3.72. The molecule has 0 amide bonds. The van der Waals surface area contributed by atoms with Crippen LogP contribution in [0.3, 0.4) is 0 Å². The van der Waals surface area contributed by atoms with Crippen molar-refractivity contribution in [3.05, 3.63) is 26.3 Å². The lowest BCUT2D eigenvalue weighted by molar-refractivity contribution is -0.385. The van der Waals surface area contributed by atoms with Crippen LogP contribution in [0.2, 0.25) is 0 Å². The van der Waals surface area contributed by atoms with Crippen LogP contribution in [0.5, 0.6) is 0 Å². The van der Waals surface area contributed by atoms with Crippen molar-refractivity contribution in [3.63, 3.8) is 0 Å². The number of anilines is 1. The molecule has 0 bridgehead atoms. The minimum Gasteiger partial charge on any atom is -0.369 e. The summed E-state index contributed by atoms with van der Waals surface area (Å²) in [5.74, 6) is 3.81. The summed E-state index contributed by atoms with van der Waals surface area (Å²) >= 11 is 5.39. The van der Waals surface area contributed by atoms with Crippen LogP contribution in [0.1, 0.15) is 18.4 Å². The van der Waals surface area contributed by atoms with E-state index in [9.17, 15) is 10.1 Å². The van der Waals surface area contributed by atoms with Gasteiger partial charge in [0.15, 0.2) is 0 Å². The van der Waals surface area contributed by atoms with E-state index in [1.165, 1.54) is 30.5 Å². The Morgan fingerprint density at radius 3 is 2.89 bits per heavy atom. The highest BCUT2D eigenvalue weighted by Gasteiger charge is 2.18. The molecule has 0 aromatic carbocycles. The van der Waals surface area contributed by atoms with Gasteiger partial charge in [-0.3, -0.25) is 10.1 Å². The number of nitrogens with one attached hydrogen (secondary N) is 1. The van der Waals surface area contributed by atoms with E-state index in [1.807, 2.05) is 11.8 Å². The van der Waals surface area contributed by atoms with E-state index in [0.717, 1.165) is 6.54 Å². The highest BCUT2D eigenvalue weighted by atomic mass is 79.9. The van der Waals surface area contributed by atoms with E-state index < -0.39 is 4.92 Å². The second-order valence-electron chi connectivity index (χ2n) is 4.62. The van der Waals surface area contributed by atoms with E-state index in [2.05, 4.69) is 26.2 Å². The summed E-state index contributed by atoms with van der Waals surface area (Å²) in [4.78, 5) is 14.5. The van der Waals surface area contributed by atoms with Crippen molar-refractivity contribution in [2.24, 2.45) is 5.92 Å². The number of thioether (sulfide) groups is 1. The number of hydrogen-bond donors (Lipinski definition) is 1. The first-order valence-corrected chi connectivity index (χ1v) is 8.15. The third-order valence-corrected chi connectivity index (χ3v) is 5.35. The predicted octanol–water partition coefficient (Wildman–Crippen LogP) is 3.62. The lowest BCUT2D eigenvalue weighted by Crippen LogP contribution is -2.19. The molecule has 1 aliphatic heterocycles. The molecule has 104 valence electrons. The van der Waals surface area contributed by atoms with Gasteiger partial charge >= 0.3 is 0 Å². The molecule has 5 nitrogen and oxygen atoms in total. The smallest absolute Gasteiger partial charge is 0.291 e. The van der Waals surface area contributed by atoms with Crippen molar-refractivity contribution >= 4 is 39.2 Å². The maximum Gasteiger partial charge on any atom is 0.291 e. The average molecular weight is 346 g/mol. The number of halogens is 1. The van der Waals surface area contributed by atoms with Crippen molar-refractivity contribution in [2.45, 2.75) is 19.8 Å². The fourth-order valence-electron chi connectivity index (χ4n) is 2.07. The number of nitrogens with zero attached hydrogens (tertiary/aromatic N) is 2. The standard InChI is InChI=1S/C12H16BrN3O2S/c1-8-10(16(17)18)7-15-12(11(8)13)14-6-9-2-4-19-5-3-9/h7,9H,2-6H2,1H3,(H,14,15). The molecule has 7 heteroatoms. The zero-order valence-electron chi connectivity index (χ0n) is 10.7. The summed E-state index contributed by atoms with van der Waals surface area (Å²) in [6, 6.07) is 0. The lowest BCUT2D eigenvalue weighted by atomic mass is 10.0. The summed E-state index contributed by atoms with van der Waals surface area (Å²) < 4.78 is 0.687. The van der Waals surface area contributed by atoms with E-state index in [-0.39, 0.29) is 5.69 Å². The largest absolute Gasteiger partial charge is 0.369 e. The Morgan fingerprint density at radius 2 is 2.26 bits per heavy atom. The number of nitro groups is 1. The van der Waals surface area contributed by atoms with Crippen LogP contribution in [-0.4, -0.2) is 28.0 Å². The second-order valence-corrected chi connectivity index (χ2v) is 6.64. The molecule has 0 aliphatic carbocycles. The number of pyridine rings is 1. The molecule has 2 heterocycles. The van der Waals surface area contributed by atoms with E-state index in [4.69, 9.17) is 0 Å². The van der Waals surface area contributed by atoms with Crippen LogP contribution in [0.15, 0.2) is 10.7 Å². The molecule has 1 saturated heterocycles. The SMILES string of the molecule is Cc1c([N+](=O)[O-])cnc(NCC2CCSCC2)c1Br. The van der Waals surface area contributed by atoms with Gasteiger partial charge in [-0.25, -0.2) is 4.98 Å². The summed E-state index contributed by atoms with van der Waals surface area (Å²) in [7, 11) is 0. The van der Waals surface area contributed by atoms with Crippen molar-refractivity contribution in [3.8, 4) is 0 Å². The zero-order valence-corrected chi connectivity index (χ0v) is 13.1. The molecule has 0 saturated carbocycles. The van der Waals surface area contributed by atoms with Gasteiger partial charge in [0.2, 0.25) is 0 Å². The Bertz CT molecular complexity index is 478. The van der Waals surface area contributed by atoms with Crippen LogP contribution < -0.4 is 5.32 Å². The molecule has 19 heavy (non-hydrogen) atoms. The average Bonchev–Trinajstić information content (AvgIpc) is 2.41. The number of aromatic nitrogens is 1. The lowest BCUT2D eigenvalue weighted by Gasteiger charge is -2.22. The molecular formula is C12H16BrN3O2S. The molecule has 2 rings (SSSR count). The van der Waals surface area contributed by atoms with Gasteiger partial charge < -0.3 is 5.32 Å². The first-order chi connectivity index (χ1) is 9.09. The van der Waals surface area contributed by atoms with E-state index >= 15 is 0 Å². The monoisotopic (exact) mass is 345 g/mol. The van der Waals surface area contributed by atoms with Crippen LogP contribution in [-0.2, 0) is 0 Å². The molecule has 1 aromatic rings. The third kappa shape index (κ3) is 3.60. The van der Waals surface area contributed by atoms with Crippen molar-refractivity contribution in [2.75, 3.05) is 23.4 Å². The second kappa shape index (κ2) is 6.56. The maximum atomic E-state index is 10.8. The minimum atomic E-state index is -0.408. The van der Waals surface area contributed by atoms with Crippen molar-refractivity contribution in [1.29, 1.82) is 0 Å². The topological polar surface area (TPSA) is 68.1 Å². The summed E-state index contributed by atoms with van der Waals surface area (Å²) in [5.41, 5.74) is 0.660. The summed E-state index contributed by atoms with van der Waals surface area (Å²) in [6.07, 6.45) is 3.77. The normalized spacial score (nSPS) is 16.3. The highest BCUT2D eigenvalue weighted by molar-refractivity contribution is 9.10. The van der Waals surface area contributed by atoms with E-state index in [1.54, 1.807) is 6.92 Å². The van der Waals surface area contributed by atoms with Gasteiger partial charge in [-0.2, -0.15) is 11.8 Å². The predicted molar refractivity (Wildman–Crippen MR) is 81.9 cm³/mol. The summed E-state index contributed by atoms with van der Waals surface area (Å²) in [6.45, 7) is 2.61. The first kappa shape index (κ1) is 14.6. The maximum absolute atomic E-state index is 10.8. The molecule has 0 radical (unpaired) electrons. The molecule has 0 atom stereocenters. The molecule has 0 spiro atoms. The van der Waals surface area contributed by atoms with Crippen LogP contribution in [0, 0.1) is 23.0 Å². The van der Waals surface area contributed by atoms with Gasteiger partial charge in [0.25, 0.3) is 5.69 Å². The highest BCUT2D eigenvalue weighted by Crippen LogP contribution is 2.31. The Labute approximate surface area is 124 Å². The number of rotatable bonds is 4. The Balaban J connectivity index is 2.04. The minimum absolute atomic E-state index is 0.0477. The quantitative estimate of drug-likeness (QED) is 0.666. The molecule has 1 aromatic heterocycles. The summed E-state index contributed by atoms with van der Waals surface area (Å²) in [5, 5.41) is 14.1. The van der Waals surface area contributed by atoms with Gasteiger partial charge in [0.05, 0.1) is 9.40 Å². The fraction of sp³-hybridized carbons (Fsp3) is 0.583. The van der Waals surface area contributed by atoms with Gasteiger partial charge in [-0.1, -0.05) is 0 Å². The Kier molecular flexibility index (Phi) is 5.04. The van der Waals surface area contributed by atoms with Crippen LogP contribution >= 0.6 is 27.7 Å². The van der Waals surface area contributed by atoms with Gasteiger partial charge in [-0.15, -0.1) is 0 Å².